The van der Waals surface area contributed by atoms with Crippen molar-refractivity contribution < 1.29 is 4.74 Å². The van der Waals surface area contributed by atoms with Crippen molar-refractivity contribution in [2.75, 3.05) is 38.2 Å². The lowest BCUT2D eigenvalue weighted by Crippen LogP contribution is -2.26. The molecule has 0 aliphatic heterocycles. The van der Waals surface area contributed by atoms with Gasteiger partial charge in [-0.3, -0.25) is 0 Å². The molecular weight excluding hydrogens is 340 g/mol. The molecule has 142 valence electrons. The molecule has 0 aromatic heterocycles. The first-order valence-corrected chi connectivity index (χ1v) is 10.4. The highest BCUT2D eigenvalue weighted by atomic mass is 32.2. The zero-order valence-corrected chi connectivity index (χ0v) is 17.1. The van der Waals surface area contributed by atoms with Gasteiger partial charge in [-0.05, 0) is 44.0 Å². The first-order chi connectivity index (χ1) is 12.7. The molecule has 4 heteroatoms. The summed E-state index contributed by atoms with van der Waals surface area (Å²) in [5.41, 5.74) is 3.83. The zero-order valence-electron chi connectivity index (χ0n) is 16.3. The molecule has 0 radical (unpaired) electrons. The van der Waals surface area contributed by atoms with E-state index < -0.39 is 0 Å². The molecule has 0 aliphatic carbocycles. The van der Waals surface area contributed by atoms with E-state index >= 15 is 0 Å². The Labute approximate surface area is 162 Å². The predicted molar refractivity (Wildman–Crippen MR) is 114 cm³/mol. The third kappa shape index (κ3) is 7.40. The van der Waals surface area contributed by atoms with Gasteiger partial charge in [0.15, 0.2) is 0 Å². The van der Waals surface area contributed by atoms with Crippen molar-refractivity contribution in [3.8, 4) is 0 Å². The van der Waals surface area contributed by atoms with Crippen LogP contribution in [-0.4, -0.2) is 32.8 Å². The van der Waals surface area contributed by atoms with Gasteiger partial charge in [0.2, 0.25) is 0 Å². The normalized spacial score (nSPS) is 10.9. The van der Waals surface area contributed by atoms with Gasteiger partial charge in [0.25, 0.3) is 0 Å². The Hall–Kier alpha value is -1.49. The number of ether oxygens (including phenoxy) is 1. The Kier molecular flexibility index (Phi) is 9.61. The Morgan fingerprint density at radius 1 is 0.923 bits per heavy atom. The molecule has 2 rings (SSSR count). The number of aryl methyl sites for hydroxylation is 2. The Morgan fingerprint density at radius 3 is 2.58 bits per heavy atom. The minimum atomic E-state index is 0.791. The van der Waals surface area contributed by atoms with Crippen molar-refractivity contribution >= 4 is 17.4 Å². The molecule has 26 heavy (non-hydrogen) atoms. The SMILES string of the molecule is CCCCOCCNCCNc1ccccc1Sc1ccc(C)cc1C. The maximum atomic E-state index is 5.56. The van der Waals surface area contributed by atoms with Gasteiger partial charge in [0, 0.05) is 41.7 Å². The minimum Gasteiger partial charge on any atom is -0.383 e. The molecule has 0 fully saturated rings. The number of hydrogen-bond acceptors (Lipinski definition) is 4. The van der Waals surface area contributed by atoms with E-state index in [-0.39, 0.29) is 0 Å². The summed E-state index contributed by atoms with van der Waals surface area (Å²) >= 11 is 1.83. The van der Waals surface area contributed by atoms with Gasteiger partial charge in [0.1, 0.15) is 0 Å². The average Bonchev–Trinajstić information content (AvgIpc) is 2.64. The lowest BCUT2D eigenvalue weighted by atomic mass is 10.2. The standard InChI is InChI=1S/C22H32N2OS/c1-4-5-15-25-16-14-23-12-13-24-20-8-6-7-9-22(20)26-21-11-10-18(2)17-19(21)3/h6-11,17,23-24H,4-5,12-16H2,1-3H3. The average molecular weight is 373 g/mol. The first kappa shape index (κ1) is 20.8. The van der Waals surface area contributed by atoms with Crippen molar-refractivity contribution in [2.24, 2.45) is 0 Å². The molecule has 0 unspecified atom stereocenters. The van der Waals surface area contributed by atoms with Crippen LogP contribution in [0.15, 0.2) is 52.3 Å². The summed E-state index contributed by atoms with van der Waals surface area (Å²) in [7, 11) is 0. The van der Waals surface area contributed by atoms with Gasteiger partial charge in [0.05, 0.1) is 6.61 Å². The number of nitrogens with one attached hydrogen (secondary N) is 2. The maximum absolute atomic E-state index is 5.56. The van der Waals surface area contributed by atoms with Crippen LogP contribution in [0.4, 0.5) is 5.69 Å². The fraction of sp³-hybridized carbons (Fsp3) is 0.455. The molecular formula is C22H32N2OS. The van der Waals surface area contributed by atoms with E-state index in [4.69, 9.17) is 4.74 Å². The van der Waals surface area contributed by atoms with E-state index in [0.29, 0.717) is 0 Å². The van der Waals surface area contributed by atoms with Crippen molar-refractivity contribution in [1.82, 2.24) is 5.32 Å². The van der Waals surface area contributed by atoms with Gasteiger partial charge in [-0.2, -0.15) is 0 Å². The van der Waals surface area contributed by atoms with Crippen LogP contribution in [0.2, 0.25) is 0 Å². The molecule has 0 bridgehead atoms. The number of benzene rings is 2. The largest absolute Gasteiger partial charge is 0.383 e. The maximum Gasteiger partial charge on any atom is 0.0590 e. The van der Waals surface area contributed by atoms with Crippen molar-refractivity contribution in [1.29, 1.82) is 0 Å². The first-order valence-electron chi connectivity index (χ1n) is 9.57. The monoisotopic (exact) mass is 372 g/mol. The van der Waals surface area contributed by atoms with E-state index in [2.05, 4.69) is 73.9 Å². The van der Waals surface area contributed by atoms with Gasteiger partial charge < -0.3 is 15.4 Å². The minimum absolute atomic E-state index is 0.791. The highest BCUT2D eigenvalue weighted by molar-refractivity contribution is 7.99. The molecule has 2 aromatic rings. The second-order valence-electron chi connectivity index (χ2n) is 6.51. The third-order valence-electron chi connectivity index (χ3n) is 4.12. The summed E-state index contributed by atoms with van der Waals surface area (Å²) in [5, 5.41) is 6.97. The van der Waals surface area contributed by atoms with E-state index in [1.54, 1.807) is 0 Å². The quantitative estimate of drug-likeness (QED) is 0.497. The molecule has 0 spiro atoms. The summed E-state index contributed by atoms with van der Waals surface area (Å²) in [6.45, 7) is 10.9. The number of anilines is 1. The smallest absolute Gasteiger partial charge is 0.0590 e. The molecule has 0 saturated heterocycles. The van der Waals surface area contributed by atoms with E-state index in [9.17, 15) is 0 Å². The second-order valence-corrected chi connectivity index (χ2v) is 7.59. The Bertz CT molecular complexity index is 660. The third-order valence-corrected chi connectivity index (χ3v) is 5.37. The fourth-order valence-corrected chi connectivity index (χ4v) is 3.63. The van der Waals surface area contributed by atoms with Crippen LogP contribution in [0, 0.1) is 13.8 Å². The Balaban J connectivity index is 1.76. The zero-order chi connectivity index (χ0) is 18.6. The van der Waals surface area contributed by atoms with Crippen LogP contribution in [-0.2, 0) is 4.74 Å². The summed E-state index contributed by atoms with van der Waals surface area (Å²) in [6.07, 6.45) is 2.34. The number of para-hydroxylation sites is 1. The molecule has 0 atom stereocenters. The number of hydrogen-bond donors (Lipinski definition) is 2. The van der Waals surface area contributed by atoms with Crippen molar-refractivity contribution in [3.05, 3.63) is 53.6 Å². The molecule has 2 aromatic carbocycles. The molecule has 0 heterocycles. The van der Waals surface area contributed by atoms with E-state index in [0.717, 1.165) is 39.3 Å². The highest BCUT2D eigenvalue weighted by Crippen LogP contribution is 2.35. The predicted octanol–water partition coefficient (Wildman–Crippen LogP) is 5.27. The van der Waals surface area contributed by atoms with Crippen molar-refractivity contribution in [2.45, 2.75) is 43.4 Å². The van der Waals surface area contributed by atoms with Crippen LogP contribution in [0.5, 0.6) is 0 Å². The van der Waals surface area contributed by atoms with Crippen LogP contribution in [0.25, 0.3) is 0 Å². The van der Waals surface area contributed by atoms with Gasteiger partial charge in [-0.25, -0.2) is 0 Å². The number of unbranched alkanes of at least 4 members (excludes halogenated alkanes) is 1. The topological polar surface area (TPSA) is 33.3 Å². The number of rotatable bonds is 12. The molecule has 0 aliphatic rings. The highest BCUT2D eigenvalue weighted by Gasteiger charge is 2.06. The fourth-order valence-electron chi connectivity index (χ4n) is 2.64. The Morgan fingerprint density at radius 2 is 1.77 bits per heavy atom. The van der Waals surface area contributed by atoms with Gasteiger partial charge in [-0.1, -0.05) is 54.9 Å². The summed E-state index contributed by atoms with van der Waals surface area (Å²) in [6, 6.07) is 15.2. The molecule has 0 amide bonds. The molecule has 0 saturated carbocycles. The van der Waals surface area contributed by atoms with E-state index in [1.807, 2.05) is 11.8 Å². The summed E-state index contributed by atoms with van der Waals surface area (Å²) in [5.74, 6) is 0. The van der Waals surface area contributed by atoms with E-state index in [1.165, 1.54) is 33.0 Å². The van der Waals surface area contributed by atoms with Crippen LogP contribution in [0.1, 0.15) is 30.9 Å². The van der Waals surface area contributed by atoms with Gasteiger partial charge >= 0.3 is 0 Å². The second kappa shape index (κ2) is 12.0. The lowest BCUT2D eigenvalue weighted by molar-refractivity contribution is 0.133. The van der Waals surface area contributed by atoms with Crippen LogP contribution >= 0.6 is 11.8 Å². The van der Waals surface area contributed by atoms with Crippen LogP contribution < -0.4 is 10.6 Å². The lowest BCUT2D eigenvalue weighted by Gasteiger charge is -2.13. The van der Waals surface area contributed by atoms with Crippen LogP contribution in [0.3, 0.4) is 0 Å². The summed E-state index contributed by atoms with van der Waals surface area (Å²) < 4.78 is 5.56. The van der Waals surface area contributed by atoms with Gasteiger partial charge in [-0.15, -0.1) is 0 Å². The molecule has 2 N–H and O–H groups in total. The summed E-state index contributed by atoms with van der Waals surface area (Å²) in [4.78, 5) is 2.58. The van der Waals surface area contributed by atoms with Crippen molar-refractivity contribution in [3.63, 3.8) is 0 Å². The molecule has 3 nitrogen and oxygen atoms in total.